The number of carbonyl (C=O) groups excluding carboxylic acids is 1. The van der Waals surface area contributed by atoms with Crippen molar-refractivity contribution in [2.24, 2.45) is 11.8 Å². The first-order valence-electron chi connectivity index (χ1n) is 17.8. The van der Waals surface area contributed by atoms with Crippen LogP contribution in [0.4, 0.5) is 4.39 Å². The molecular weight excluding hydrogens is 619 g/mol. The lowest BCUT2D eigenvalue weighted by atomic mass is 9.77. The molecule has 0 unspecified atom stereocenters. The van der Waals surface area contributed by atoms with Gasteiger partial charge >= 0.3 is 5.97 Å². The highest BCUT2D eigenvalue weighted by Crippen LogP contribution is 2.35. The fourth-order valence-electron chi connectivity index (χ4n) is 6.39. The molecule has 0 heterocycles. The predicted octanol–water partition coefficient (Wildman–Crippen LogP) is 9.27. The van der Waals surface area contributed by atoms with E-state index in [1.54, 1.807) is 12.1 Å². The van der Waals surface area contributed by atoms with E-state index < -0.39 is 12.6 Å². The van der Waals surface area contributed by atoms with E-state index in [0.29, 0.717) is 36.0 Å². The molecule has 0 bridgehead atoms. The Morgan fingerprint density at radius 1 is 0.755 bits per heavy atom. The van der Waals surface area contributed by atoms with Gasteiger partial charge in [0.2, 0.25) is 0 Å². The summed E-state index contributed by atoms with van der Waals surface area (Å²) < 4.78 is 32.2. The maximum absolute atomic E-state index is 15.3. The lowest BCUT2D eigenvalue weighted by Crippen LogP contribution is -2.15. The summed E-state index contributed by atoms with van der Waals surface area (Å²) in [4.78, 5) is 11.8. The topological polar surface area (TPSA) is 85.2 Å². The monoisotopic (exact) mass is 672 g/mol. The molecule has 0 aromatic heterocycles. The number of carbonyl (C=O) groups is 1. The maximum Gasteiger partial charge on any atom is 0.335 e. The van der Waals surface area contributed by atoms with Gasteiger partial charge in [0.15, 0.2) is 0 Å². The molecule has 3 aromatic carbocycles. The summed E-state index contributed by atoms with van der Waals surface area (Å²) in [6.45, 7) is 9.38. The molecule has 0 atom stereocenters. The predicted molar refractivity (Wildman–Crippen MR) is 194 cm³/mol. The zero-order valence-electron chi connectivity index (χ0n) is 29.1. The molecule has 1 aliphatic rings. The number of halogens is 1. The molecule has 7 heteroatoms. The van der Waals surface area contributed by atoms with Gasteiger partial charge < -0.3 is 24.4 Å². The lowest BCUT2D eigenvalue weighted by Gasteiger charge is -2.28. The zero-order chi connectivity index (χ0) is 35.0. The third-order valence-electron chi connectivity index (χ3n) is 9.50. The number of hydrogen-bond donors (Lipinski definition) is 2. The molecule has 0 saturated heterocycles. The van der Waals surface area contributed by atoms with Crippen molar-refractivity contribution in [3.8, 4) is 33.8 Å². The van der Waals surface area contributed by atoms with Gasteiger partial charge in [-0.3, -0.25) is 0 Å². The van der Waals surface area contributed by atoms with E-state index >= 15 is 4.39 Å². The van der Waals surface area contributed by atoms with Crippen molar-refractivity contribution in [2.45, 2.75) is 77.6 Å². The standard InChI is InChI=1S/C42H53FO6/c1-4-5-6-7-32-8-10-33(11-9-32)12-13-36-18-19-37(26-41(36)43)34-14-16-35(17-15-34)38-24-39(47-21-20-30(2)28-44)27-40(25-38)48-22-23-49-42(46)31(3)29-45/h14-19,24-27,32-33,44-45H,2-13,20-23,28-29H2,1H3. The van der Waals surface area contributed by atoms with Crippen molar-refractivity contribution in [2.75, 3.05) is 33.0 Å². The summed E-state index contributed by atoms with van der Waals surface area (Å²) in [5.41, 5.74) is 4.98. The van der Waals surface area contributed by atoms with E-state index in [1.165, 1.54) is 51.4 Å². The molecule has 3 aromatic rings. The van der Waals surface area contributed by atoms with Crippen LogP contribution in [0.2, 0.25) is 0 Å². The molecule has 1 fully saturated rings. The maximum atomic E-state index is 15.3. The fourth-order valence-corrected chi connectivity index (χ4v) is 6.39. The summed E-state index contributed by atoms with van der Waals surface area (Å²) in [6.07, 6.45) is 12.9. The number of rotatable bonds is 20. The van der Waals surface area contributed by atoms with Crippen LogP contribution in [0.3, 0.4) is 0 Å². The fraction of sp³-hybridized carbons (Fsp3) is 0.452. The van der Waals surface area contributed by atoms with Gasteiger partial charge in [-0.15, -0.1) is 0 Å². The number of hydrogen-bond acceptors (Lipinski definition) is 6. The van der Waals surface area contributed by atoms with E-state index in [0.717, 1.165) is 46.6 Å². The van der Waals surface area contributed by atoms with Crippen LogP contribution < -0.4 is 9.47 Å². The van der Waals surface area contributed by atoms with Crippen LogP contribution >= 0.6 is 0 Å². The second-order valence-corrected chi connectivity index (χ2v) is 13.3. The SMILES string of the molecule is C=C(CO)CCOc1cc(OCCOC(=O)C(=C)CO)cc(-c2ccc(-c3ccc(CCC4CCC(CCCCC)CC4)c(F)c3)cc2)c1. The minimum Gasteiger partial charge on any atom is -0.493 e. The number of aliphatic hydroxyl groups is 2. The van der Waals surface area contributed by atoms with Gasteiger partial charge in [-0.1, -0.05) is 108 Å². The highest BCUT2D eigenvalue weighted by molar-refractivity contribution is 5.87. The van der Waals surface area contributed by atoms with Gasteiger partial charge in [-0.2, -0.15) is 0 Å². The van der Waals surface area contributed by atoms with Crippen LogP contribution in [0, 0.1) is 17.7 Å². The van der Waals surface area contributed by atoms with E-state index in [-0.39, 0.29) is 31.2 Å². The molecule has 1 aliphatic carbocycles. The number of esters is 1. The third kappa shape index (κ3) is 12.2. The van der Waals surface area contributed by atoms with Gasteiger partial charge in [-0.05, 0) is 76.3 Å². The van der Waals surface area contributed by atoms with E-state index in [4.69, 9.17) is 19.3 Å². The minimum atomic E-state index is -0.673. The molecule has 0 spiro atoms. The molecule has 0 amide bonds. The number of aryl methyl sites for hydroxylation is 1. The number of aliphatic hydroxyl groups excluding tert-OH is 2. The van der Waals surface area contributed by atoms with Crippen LogP contribution in [0.5, 0.6) is 11.5 Å². The Hall–Kier alpha value is -3.94. The number of benzene rings is 3. The van der Waals surface area contributed by atoms with Gasteiger partial charge in [0.25, 0.3) is 0 Å². The molecule has 264 valence electrons. The van der Waals surface area contributed by atoms with Crippen molar-refractivity contribution < 1.29 is 33.6 Å². The Bertz CT molecular complexity index is 1510. The summed E-state index contributed by atoms with van der Waals surface area (Å²) >= 11 is 0. The largest absolute Gasteiger partial charge is 0.493 e. The van der Waals surface area contributed by atoms with E-state index in [1.807, 2.05) is 48.5 Å². The van der Waals surface area contributed by atoms with Crippen molar-refractivity contribution in [3.63, 3.8) is 0 Å². The first-order valence-corrected chi connectivity index (χ1v) is 17.8. The minimum absolute atomic E-state index is 0.0150. The highest BCUT2D eigenvalue weighted by Gasteiger charge is 2.21. The summed E-state index contributed by atoms with van der Waals surface area (Å²) in [5.74, 6) is 1.88. The Morgan fingerprint density at radius 2 is 1.37 bits per heavy atom. The van der Waals surface area contributed by atoms with Crippen LogP contribution in [-0.2, 0) is 16.0 Å². The normalized spacial score (nSPS) is 15.8. The van der Waals surface area contributed by atoms with E-state index in [9.17, 15) is 9.90 Å². The average Bonchev–Trinajstić information content (AvgIpc) is 3.13. The van der Waals surface area contributed by atoms with Gasteiger partial charge in [0.05, 0.1) is 25.4 Å². The second kappa shape index (κ2) is 19.9. The summed E-state index contributed by atoms with van der Waals surface area (Å²) in [5, 5.41) is 18.3. The first-order chi connectivity index (χ1) is 23.8. The Balaban J connectivity index is 1.38. The molecule has 0 radical (unpaired) electrons. The number of ether oxygens (including phenoxy) is 3. The quantitative estimate of drug-likeness (QED) is 0.0539. The molecule has 4 rings (SSSR count). The number of unbranched alkanes of at least 4 members (excludes halogenated alkanes) is 2. The highest BCUT2D eigenvalue weighted by atomic mass is 19.1. The van der Waals surface area contributed by atoms with Crippen LogP contribution in [0.15, 0.2) is 85.0 Å². The van der Waals surface area contributed by atoms with Crippen molar-refractivity contribution >= 4 is 5.97 Å². The molecule has 2 N–H and O–H groups in total. The van der Waals surface area contributed by atoms with E-state index in [2.05, 4.69) is 20.1 Å². The van der Waals surface area contributed by atoms with Crippen molar-refractivity contribution in [1.82, 2.24) is 0 Å². The van der Waals surface area contributed by atoms with Crippen molar-refractivity contribution in [3.05, 3.63) is 96.3 Å². The first kappa shape index (κ1) is 37.9. The summed E-state index contributed by atoms with van der Waals surface area (Å²) in [6, 6.07) is 19.1. The average molecular weight is 673 g/mol. The Kier molecular flexibility index (Phi) is 15.4. The molecular formula is C42H53FO6. The molecule has 49 heavy (non-hydrogen) atoms. The lowest BCUT2D eigenvalue weighted by molar-refractivity contribution is -0.140. The molecule has 1 saturated carbocycles. The second-order valence-electron chi connectivity index (χ2n) is 13.3. The molecule has 0 aliphatic heterocycles. The Morgan fingerprint density at radius 3 is 1.98 bits per heavy atom. The van der Waals surface area contributed by atoms with Crippen LogP contribution in [0.1, 0.15) is 76.7 Å². The molecule has 6 nitrogen and oxygen atoms in total. The van der Waals surface area contributed by atoms with Gasteiger partial charge in [-0.25, -0.2) is 9.18 Å². The van der Waals surface area contributed by atoms with Crippen LogP contribution in [-0.4, -0.2) is 49.2 Å². The smallest absolute Gasteiger partial charge is 0.335 e. The Labute approximate surface area is 291 Å². The van der Waals surface area contributed by atoms with Crippen molar-refractivity contribution in [1.29, 1.82) is 0 Å². The zero-order valence-corrected chi connectivity index (χ0v) is 29.1. The van der Waals surface area contributed by atoms with Crippen LogP contribution in [0.25, 0.3) is 22.3 Å². The van der Waals surface area contributed by atoms with Gasteiger partial charge in [0, 0.05) is 12.5 Å². The third-order valence-corrected chi connectivity index (χ3v) is 9.50. The van der Waals surface area contributed by atoms with Gasteiger partial charge in [0.1, 0.15) is 30.5 Å². The summed E-state index contributed by atoms with van der Waals surface area (Å²) in [7, 11) is 0.